The minimum atomic E-state index is -4.47. The molecular weight excluding hydrogens is 407 g/mol. The number of hydrogen-bond donors (Lipinski definition) is 2. The van der Waals surface area contributed by atoms with Crippen LogP contribution >= 0.6 is 0 Å². The van der Waals surface area contributed by atoms with Gasteiger partial charge in [0, 0.05) is 18.6 Å². The Hall–Kier alpha value is -2.65. The third kappa shape index (κ3) is 3.76. The molecule has 1 aliphatic heterocycles. The van der Waals surface area contributed by atoms with Crippen molar-refractivity contribution in [2.75, 3.05) is 25.1 Å². The zero-order chi connectivity index (χ0) is 21.6. The maximum atomic E-state index is 13.2. The van der Waals surface area contributed by atoms with Gasteiger partial charge in [-0.2, -0.15) is 13.2 Å². The van der Waals surface area contributed by atoms with Crippen LogP contribution in [0.2, 0.25) is 0 Å². The molecule has 9 heteroatoms. The summed E-state index contributed by atoms with van der Waals surface area (Å²) in [7, 11) is 0. The van der Waals surface area contributed by atoms with Crippen molar-refractivity contribution >= 4 is 16.9 Å². The number of benzene rings is 1. The van der Waals surface area contributed by atoms with Gasteiger partial charge in [-0.05, 0) is 37.0 Å². The molecule has 6 nitrogen and oxygen atoms in total. The Labute approximate surface area is 177 Å². The van der Waals surface area contributed by atoms with Crippen LogP contribution in [-0.2, 0) is 17.3 Å². The van der Waals surface area contributed by atoms with Crippen LogP contribution in [0.25, 0.3) is 11.0 Å². The van der Waals surface area contributed by atoms with Gasteiger partial charge in [-0.3, -0.25) is 4.90 Å². The molecule has 0 spiro atoms. The minimum Gasteiger partial charge on any atom is -0.379 e. The minimum absolute atomic E-state index is 0.104. The summed E-state index contributed by atoms with van der Waals surface area (Å²) in [5, 5.41) is 3.83. The summed E-state index contributed by atoms with van der Waals surface area (Å²) < 4.78 is 45.4. The van der Waals surface area contributed by atoms with E-state index in [9.17, 15) is 13.2 Å². The van der Waals surface area contributed by atoms with E-state index in [2.05, 4.69) is 44.2 Å². The van der Waals surface area contributed by atoms with Crippen LogP contribution in [0.3, 0.4) is 0 Å². The molecule has 0 radical (unpaired) electrons. The lowest BCUT2D eigenvalue weighted by Gasteiger charge is -2.45. The van der Waals surface area contributed by atoms with E-state index in [1.807, 2.05) is 12.1 Å². The lowest BCUT2D eigenvalue weighted by Crippen LogP contribution is -2.53. The standard InChI is InChI=1S/C22H24F3N5O/c1-13-11-31-9-8-30(13)17-7-6-14-4-2-3-5-15(14)19(17)29-21-16-10-18(22(23,24)25)28-20(16)26-12-27-21/h2-5,10,12-13,17,19H,6-9,11H2,1H3,(H2,26,27,28,29). The number of ether oxygens (including phenoxy) is 1. The van der Waals surface area contributed by atoms with Gasteiger partial charge < -0.3 is 15.0 Å². The largest absolute Gasteiger partial charge is 0.431 e. The number of fused-ring (bicyclic) bond motifs is 2. The Morgan fingerprint density at radius 3 is 2.87 bits per heavy atom. The van der Waals surface area contributed by atoms with E-state index in [0.29, 0.717) is 24.4 Å². The second-order valence-electron chi connectivity index (χ2n) is 8.25. The fourth-order valence-corrected chi connectivity index (χ4v) is 4.86. The first-order valence-electron chi connectivity index (χ1n) is 10.5. The number of rotatable bonds is 3. The average Bonchev–Trinajstić information content (AvgIpc) is 3.21. The number of aromatic nitrogens is 3. The second-order valence-corrected chi connectivity index (χ2v) is 8.25. The van der Waals surface area contributed by atoms with Gasteiger partial charge in [-0.15, -0.1) is 0 Å². The number of nitrogens with one attached hydrogen (secondary N) is 2. The van der Waals surface area contributed by atoms with Crippen LogP contribution in [0.1, 0.15) is 36.2 Å². The SMILES string of the molecule is CC1COCCN1C1CCc2ccccc2C1Nc1ncnc2[nH]c(C(F)(F)F)cc12. The van der Waals surface area contributed by atoms with E-state index in [4.69, 9.17) is 4.74 Å². The molecule has 1 aliphatic carbocycles. The van der Waals surface area contributed by atoms with Crippen LogP contribution in [-0.4, -0.2) is 51.7 Å². The molecule has 1 fully saturated rings. The highest BCUT2D eigenvalue weighted by molar-refractivity contribution is 5.88. The van der Waals surface area contributed by atoms with E-state index < -0.39 is 11.9 Å². The van der Waals surface area contributed by atoms with Crippen molar-refractivity contribution in [1.29, 1.82) is 0 Å². The van der Waals surface area contributed by atoms with Gasteiger partial charge in [0.1, 0.15) is 23.5 Å². The number of anilines is 1. The van der Waals surface area contributed by atoms with Gasteiger partial charge in [0.2, 0.25) is 0 Å². The predicted octanol–water partition coefficient (Wildman–Crippen LogP) is 4.17. The lowest BCUT2D eigenvalue weighted by molar-refractivity contribution is -0.140. The third-order valence-corrected chi connectivity index (χ3v) is 6.35. The molecule has 0 amide bonds. The maximum absolute atomic E-state index is 13.2. The topological polar surface area (TPSA) is 66.1 Å². The first kappa shape index (κ1) is 20.3. The summed E-state index contributed by atoms with van der Waals surface area (Å²) in [5.74, 6) is 0.407. The Bertz CT molecular complexity index is 1080. The number of morpholine rings is 1. The van der Waals surface area contributed by atoms with Crippen molar-refractivity contribution in [2.24, 2.45) is 0 Å². The fourth-order valence-electron chi connectivity index (χ4n) is 4.86. The monoisotopic (exact) mass is 431 g/mol. The molecule has 2 N–H and O–H groups in total. The highest BCUT2D eigenvalue weighted by Crippen LogP contribution is 2.38. The fraction of sp³-hybridized carbons (Fsp3) is 0.455. The van der Waals surface area contributed by atoms with Crippen LogP contribution in [0, 0.1) is 0 Å². The Balaban J connectivity index is 1.55. The highest BCUT2D eigenvalue weighted by atomic mass is 19.4. The van der Waals surface area contributed by atoms with Crippen molar-refractivity contribution in [2.45, 2.75) is 44.1 Å². The molecule has 31 heavy (non-hydrogen) atoms. The molecule has 3 atom stereocenters. The molecule has 0 saturated carbocycles. The zero-order valence-electron chi connectivity index (χ0n) is 17.1. The van der Waals surface area contributed by atoms with E-state index in [1.165, 1.54) is 11.9 Å². The summed E-state index contributed by atoms with van der Waals surface area (Å²) in [4.78, 5) is 13.1. The van der Waals surface area contributed by atoms with Crippen LogP contribution in [0.15, 0.2) is 36.7 Å². The van der Waals surface area contributed by atoms with Gasteiger partial charge in [-0.1, -0.05) is 24.3 Å². The quantitative estimate of drug-likeness (QED) is 0.652. The van der Waals surface area contributed by atoms with Crippen LogP contribution in [0.4, 0.5) is 19.0 Å². The number of aryl methyl sites for hydroxylation is 1. The van der Waals surface area contributed by atoms with Crippen LogP contribution < -0.4 is 5.32 Å². The van der Waals surface area contributed by atoms with E-state index in [1.54, 1.807) is 0 Å². The summed E-state index contributed by atoms with van der Waals surface area (Å²) in [6.45, 7) is 4.34. The van der Waals surface area contributed by atoms with Gasteiger partial charge in [0.05, 0.1) is 24.6 Å². The molecule has 164 valence electrons. The first-order valence-corrected chi connectivity index (χ1v) is 10.5. The second kappa shape index (κ2) is 7.80. The molecule has 3 aromatic rings. The third-order valence-electron chi connectivity index (χ3n) is 6.35. The molecule has 0 bridgehead atoms. The number of alkyl halides is 3. The van der Waals surface area contributed by atoms with E-state index in [0.717, 1.165) is 31.0 Å². The number of nitrogens with zero attached hydrogens (tertiary/aromatic N) is 3. The highest BCUT2D eigenvalue weighted by Gasteiger charge is 2.38. The molecule has 2 aromatic heterocycles. The number of halogens is 3. The molecule has 1 aromatic carbocycles. The van der Waals surface area contributed by atoms with Crippen molar-refractivity contribution in [1.82, 2.24) is 19.9 Å². The summed E-state index contributed by atoms with van der Waals surface area (Å²) in [6.07, 6.45) is -1.26. The van der Waals surface area contributed by atoms with Crippen molar-refractivity contribution in [3.8, 4) is 0 Å². The molecule has 1 saturated heterocycles. The molecular formula is C22H24F3N5O. The molecule has 3 heterocycles. The number of H-pyrrole nitrogens is 1. The first-order chi connectivity index (χ1) is 14.9. The Morgan fingerprint density at radius 1 is 1.23 bits per heavy atom. The average molecular weight is 431 g/mol. The van der Waals surface area contributed by atoms with Crippen molar-refractivity contribution < 1.29 is 17.9 Å². The van der Waals surface area contributed by atoms with Gasteiger partial charge in [-0.25, -0.2) is 9.97 Å². The van der Waals surface area contributed by atoms with Crippen molar-refractivity contribution in [3.63, 3.8) is 0 Å². The van der Waals surface area contributed by atoms with Crippen LogP contribution in [0.5, 0.6) is 0 Å². The normalized spacial score (nSPS) is 24.8. The lowest BCUT2D eigenvalue weighted by atomic mass is 9.82. The van der Waals surface area contributed by atoms with Gasteiger partial charge in [0.25, 0.3) is 0 Å². The Kier molecular flexibility index (Phi) is 5.10. The van der Waals surface area contributed by atoms with E-state index >= 15 is 0 Å². The van der Waals surface area contributed by atoms with Crippen molar-refractivity contribution in [3.05, 3.63) is 53.5 Å². The van der Waals surface area contributed by atoms with Gasteiger partial charge in [0.15, 0.2) is 0 Å². The zero-order valence-corrected chi connectivity index (χ0v) is 17.1. The van der Waals surface area contributed by atoms with Gasteiger partial charge >= 0.3 is 6.18 Å². The maximum Gasteiger partial charge on any atom is 0.431 e. The number of aromatic amines is 1. The number of hydrogen-bond acceptors (Lipinski definition) is 5. The molecule has 5 rings (SSSR count). The Morgan fingerprint density at radius 2 is 2.06 bits per heavy atom. The summed E-state index contributed by atoms with van der Waals surface area (Å²) in [5.41, 5.74) is 1.77. The smallest absolute Gasteiger partial charge is 0.379 e. The van der Waals surface area contributed by atoms with E-state index in [-0.39, 0.29) is 23.8 Å². The summed E-state index contributed by atoms with van der Waals surface area (Å²) >= 11 is 0. The summed E-state index contributed by atoms with van der Waals surface area (Å²) in [6, 6.07) is 9.68. The predicted molar refractivity (Wildman–Crippen MR) is 111 cm³/mol. The molecule has 3 unspecified atom stereocenters. The molecule has 2 aliphatic rings.